The smallest absolute Gasteiger partial charge is 0.320 e. The van der Waals surface area contributed by atoms with E-state index in [2.05, 4.69) is 5.73 Å². The summed E-state index contributed by atoms with van der Waals surface area (Å²) in [5.74, 6) is -2.83. The maximum atomic E-state index is 10.1. The van der Waals surface area contributed by atoms with Crippen molar-refractivity contribution in [3.05, 3.63) is 0 Å². The molecule has 0 rings (SSSR count). The lowest BCUT2D eigenvalue weighted by atomic mass is 10.1. The average molecular weight is 367 g/mol. The van der Waals surface area contributed by atoms with Gasteiger partial charge in [0.05, 0.1) is 6.54 Å². The molecule has 11 nitrogen and oxygen atoms in total. The maximum Gasteiger partial charge on any atom is 0.320 e. The van der Waals surface area contributed by atoms with Gasteiger partial charge in [0.25, 0.3) is 0 Å². The second-order valence-electron chi connectivity index (χ2n) is 5.06. The summed E-state index contributed by atoms with van der Waals surface area (Å²) in [6, 6.07) is -1.43. The number of rotatable bonds is 11. The summed E-state index contributed by atoms with van der Waals surface area (Å²) < 4.78 is 0. The van der Waals surface area contributed by atoms with Gasteiger partial charge >= 0.3 is 17.9 Å². The zero-order valence-electron chi connectivity index (χ0n) is 14.5. The molecule has 0 spiro atoms. The molecule has 0 radical (unpaired) electrons. The van der Waals surface area contributed by atoms with Gasteiger partial charge in [0.15, 0.2) is 0 Å². The van der Waals surface area contributed by atoms with Crippen molar-refractivity contribution < 1.29 is 29.7 Å². The first-order chi connectivity index (χ1) is 11.6. The van der Waals surface area contributed by atoms with Crippen LogP contribution in [0.5, 0.6) is 0 Å². The predicted molar refractivity (Wildman–Crippen MR) is 93.7 cm³/mol. The number of aliphatic carboxylic acids is 3. The van der Waals surface area contributed by atoms with E-state index in [1.165, 1.54) is 0 Å². The van der Waals surface area contributed by atoms with Gasteiger partial charge < -0.3 is 44.0 Å². The van der Waals surface area contributed by atoms with Crippen molar-refractivity contribution in [2.24, 2.45) is 28.7 Å². The Bertz CT molecular complexity index is 331. The third-order valence-electron chi connectivity index (χ3n) is 2.75. The van der Waals surface area contributed by atoms with E-state index in [-0.39, 0.29) is 6.54 Å². The van der Waals surface area contributed by atoms with E-state index < -0.39 is 30.0 Å². The Morgan fingerprint density at radius 1 is 0.680 bits per heavy atom. The van der Waals surface area contributed by atoms with Crippen LogP contribution in [0.4, 0.5) is 0 Å². The molecule has 0 heterocycles. The van der Waals surface area contributed by atoms with E-state index >= 15 is 0 Å². The minimum absolute atomic E-state index is 0.278. The Labute approximate surface area is 147 Å². The van der Waals surface area contributed by atoms with Crippen LogP contribution in [0.15, 0.2) is 0 Å². The van der Waals surface area contributed by atoms with Crippen LogP contribution in [0, 0.1) is 0 Å². The van der Waals surface area contributed by atoms with E-state index in [0.29, 0.717) is 25.9 Å². The second-order valence-corrected chi connectivity index (χ2v) is 5.06. The highest BCUT2D eigenvalue weighted by atomic mass is 16.4. The minimum Gasteiger partial charge on any atom is -0.480 e. The van der Waals surface area contributed by atoms with Crippen molar-refractivity contribution in [1.82, 2.24) is 0 Å². The van der Waals surface area contributed by atoms with Gasteiger partial charge in [0, 0.05) is 0 Å². The summed E-state index contributed by atoms with van der Waals surface area (Å²) >= 11 is 0. The molecule has 150 valence electrons. The van der Waals surface area contributed by atoms with Gasteiger partial charge in [-0.2, -0.15) is 0 Å². The summed E-state index contributed by atoms with van der Waals surface area (Å²) in [7, 11) is 0. The Morgan fingerprint density at radius 3 is 1.12 bits per heavy atom. The first-order valence-electron chi connectivity index (χ1n) is 7.92. The van der Waals surface area contributed by atoms with Gasteiger partial charge in [-0.05, 0) is 38.8 Å². The third-order valence-corrected chi connectivity index (χ3v) is 2.75. The fourth-order valence-electron chi connectivity index (χ4n) is 1.26. The highest BCUT2D eigenvalue weighted by molar-refractivity contribution is 5.73. The lowest BCUT2D eigenvalue weighted by molar-refractivity contribution is -0.139. The Kier molecular flexibility index (Phi) is 22.7. The molecule has 25 heavy (non-hydrogen) atoms. The Balaban J connectivity index is -0.000000308. The molecule has 0 bridgehead atoms. The van der Waals surface area contributed by atoms with Crippen molar-refractivity contribution in [2.75, 3.05) is 19.6 Å². The lowest BCUT2D eigenvalue weighted by Gasteiger charge is -2.03. The minimum atomic E-state index is -0.968. The topological polar surface area (TPSA) is 242 Å². The highest BCUT2D eigenvalue weighted by Gasteiger charge is 2.09. The van der Waals surface area contributed by atoms with E-state index in [9.17, 15) is 14.4 Å². The van der Waals surface area contributed by atoms with Gasteiger partial charge in [-0.25, -0.2) is 0 Å². The van der Waals surface area contributed by atoms with Gasteiger partial charge in [0.2, 0.25) is 0 Å². The van der Waals surface area contributed by atoms with Crippen LogP contribution in [-0.2, 0) is 14.4 Å². The molecule has 0 saturated heterocycles. The monoisotopic (exact) mass is 367 g/mol. The molecule has 11 heteroatoms. The lowest BCUT2D eigenvalue weighted by Crippen LogP contribution is -2.29. The van der Waals surface area contributed by atoms with Crippen molar-refractivity contribution in [2.45, 2.75) is 50.6 Å². The molecule has 0 amide bonds. The van der Waals surface area contributed by atoms with Crippen LogP contribution in [0.2, 0.25) is 0 Å². The van der Waals surface area contributed by atoms with Crippen molar-refractivity contribution >= 4 is 17.9 Å². The number of unbranched alkanes of at least 4 members (excludes halogenated alkanes) is 2. The van der Waals surface area contributed by atoms with Gasteiger partial charge in [-0.15, -0.1) is 0 Å². The Hall–Kier alpha value is -1.79. The average Bonchev–Trinajstić information content (AvgIpc) is 2.56. The summed E-state index contributed by atoms with van der Waals surface area (Å²) in [6.45, 7) is 0.929. The number of carboxylic acid groups (broad SMARTS) is 3. The first kappa shape index (κ1) is 28.0. The molecule has 0 aromatic rings. The number of hydrogen-bond donors (Lipinski definition) is 8. The fourth-order valence-corrected chi connectivity index (χ4v) is 1.26. The van der Waals surface area contributed by atoms with Crippen molar-refractivity contribution in [3.63, 3.8) is 0 Å². The van der Waals surface area contributed by atoms with Gasteiger partial charge in [0.1, 0.15) is 12.1 Å². The summed E-state index contributed by atoms with van der Waals surface area (Å²) in [5, 5.41) is 24.2. The molecule has 0 saturated carbocycles. The van der Waals surface area contributed by atoms with Gasteiger partial charge in [-0.3, -0.25) is 14.4 Å². The van der Waals surface area contributed by atoms with Crippen LogP contribution in [-0.4, -0.2) is 64.9 Å². The maximum absolute atomic E-state index is 10.1. The standard InChI is InChI=1S/2C6H14N2O2.C2H5NO2/c2*7-4-2-1-3-5(8)6(9)10;3-1-2(4)5/h2*5H,1-4,7-8H2,(H,9,10);1,3H2,(H,4,5)/t2*5-;/m00./s1. The summed E-state index contributed by atoms with van der Waals surface area (Å²) in [5.41, 5.74) is 25.4. The number of nitrogens with two attached hydrogens (primary N) is 5. The van der Waals surface area contributed by atoms with Crippen LogP contribution in [0.1, 0.15) is 38.5 Å². The quantitative estimate of drug-likeness (QED) is 0.187. The van der Waals surface area contributed by atoms with Crippen LogP contribution < -0.4 is 28.7 Å². The zero-order valence-corrected chi connectivity index (χ0v) is 14.5. The SMILES string of the molecule is NCC(=O)O.NCCCC[C@H](N)C(=O)O.NCCCC[C@H](N)C(=O)O. The zero-order chi connectivity index (χ0) is 20.3. The number of carbonyl (C=O) groups is 3. The Morgan fingerprint density at radius 2 is 0.960 bits per heavy atom. The normalized spacial score (nSPS) is 11.9. The molecular formula is C14H33N5O6. The third kappa shape index (κ3) is 27.4. The second kappa shape index (κ2) is 20.3. The molecule has 0 aliphatic rings. The molecule has 0 aliphatic carbocycles. The van der Waals surface area contributed by atoms with E-state index in [4.69, 9.17) is 38.3 Å². The molecule has 0 aliphatic heterocycles. The van der Waals surface area contributed by atoms with Crippen molar-refractivity contribution in [3.8, 4) is 0 Å². The molecular weight excluding hydrogens is 334 g/mol. The van der Waals surface area contributed by atoms with Crippen LogP contribution in [0.3, 0.4) is 0 Å². The fraction of sp³-hybridized carbons (Fsp3) is 0.786. The van der Waals surface area contributed by atoms with E-state index in [1.807, 2.05) is 0 Å². The van der Waals surface area contributed by atoms with E-state index in [1.54, 1.807) is 0 Å². The largest absolute Gasteiger partial charge is 0.480 e. The highest BCUT2D eigenvalue weighted by Crippen LogP contribution is 1.97. The molecule has 13 N–H and O–H groups in total. The molecule has 0 aromatic carbocycles. The predicted octanol–water partition coefficient (Wildman–Crippen LogP) is -1.92. The van der Waals surface area contributed by atoms with Crippen LogP contribution in [0.25, 0.3) is 0 Å². The number of hydrogen-bond acceptors (Lipinski definition) is 8. The summed E-state index contributed by atoms with van der Waals surface area (Å²) in [6.07, 6.45) is 4.33. The molecule has 2 atom stereocenters. The molecule has 0 unspecified atom stereocenters. The van der Waals surface area contributed by atoms with Gasteiger partial charge in [-0.1, -0.05) is 12.8 Å². The van der Waals surface area contributed by atoms with E-state index in [0.717, 1.165) is 25.7 Å². The molecule has 0 aromatic heterocycles. The van der Waals surface area contributed by atoms with Crippen LogP contribution >= 0.6 is 0 Å². The molecule has 0 fully saturated rings. The first-order valence-corrected chi connectivity index (χ1v) is 7.92. The number of carboxylic acids is 3. The summed E-state index contributed by atoms with van der Waals surface area (Å²) in [4.78, 5) is 29.5. The van der Waals surface area contributed by atoms with Crippen molar-refractivity contribution in [1.29, 1.82) is 0 Å².